The maximum Gasteiger partial charge on any atom is 0.433 e. The summed E-state index contributed by atoms with van der Waals surface area (Å²) in [5.74, 6) is 0.397. The van der Waals surface area contributed by atoms with Gasteiger partial charge < -0.3 is 0 Å². The third-order valence-corrected chi connectivity index (χ3v) is 4.29. The number of benzene rings is 1. The third-order valence-electron chi connectivity index (χ3n) is 2.99. The highest BCUT2D eigenvalue weighted by Crippen LogP contribution is 2.29. The molecule has 0 saturated heterocycles. The summed E-state index contributed by atoms with van der Waals surface area (Å²) in [6.45, 7) is 2.17. The summed E-state index contributed by atoms with van der Waals surface area (Å²) in [7, 11) is 0. The zero-order chi connectivity index (χ0) is 17.0. The molecule has 0 aliphatic carbocycles. The summed E-state index contributed by atoms with van der Waals surface area (Å²) in [6.07, 6.45) is -4.01. The van der Waals surface area contributed by atoms with Gasteiger partial charge in [0.2, 0.25) is 0 Å². The first-order valence-electron chi connectivity index (χ1n) is 6.87. The van der Waals surface area contributed by atoms with Gasteiger partial charge in [0.15, 0.2) is 10.9 Å². The molecule has 0 amide bonds. The molecule has 0 aliphatic rings. The van der Waals surface area contributed by atoms with Gasteiger partial charge in [0.05, 0.1) is 0 Å². The number of halogens is 4. The molecule has 1 heterocycles. The zero-order valence-corrected chi connectivity index (χ0v) is 13.8. The fourth-order valence-electron chi connectivity index (χ4n) is 1.90. The average Bonchev–Trinajstić information content (AvgIpc) is 2.48. The van der Waals surface area contributed by atoms with E-state index in [1.54, 1.807) is 24.3 Å². The van der Waals surface area contributed by atoms with E-state index in [0.717, 1.165) is 17.3 Å². The van der Waals surface area contributed by atoms with Gasteiger partial charge in [0, 0.05) is 23.4 Å². The predicted molar refractivity (Wildman–Crippen MR) is 84.8 cm³/mol. The highest BCUT2D eigenvalue weighted by molar-refractivity contribution is 7.98. The first kappa shape index (κ1) is 17.9. The minimum Gasteiger partial charge on any atom is -0.288 e. The highest BCUT2D eigenvalue weighted by Gasteiger charge is 2.34. The molecule has 0 atom stereocenters. The molecule has 0 radical (unpaired) electrons. The van der Waals surface area contributed by atoms with E-state index in [9.17, 15) is 18.0 Å². The third kappa shape index (κ3) is 4.75. The van der Waals surface area contributed by atoms with Crippen LogP contribution in [0.5, 0.6) is 0 Å². The van der Waals surface area contributed by atoms with Crippen LogP contribution in [-0.4, -0.2) is 9.55 Å². The lowest BCUT2D eigenvalue weighted by Gasteiger charge is -2.13. The van der Waals surface area contributed by atoms with Crippen molar-refractivity contribution in [2.75, 3.05) is 0 Å². The Morgan fingerprint density at radius 2 is 1.91 bits per heavy atom. The van der Waals surface area contributed by atoms with Crippen LogP contribution in [0.2, 0.25) is 5.02 Å². The second kappa shape index (κ2) is 7.40. The Labute approximate surface area is 140 Å². The Bertz CT molecular complexity index is 729. The number of nitrogens with zero attached hydrogens (tertiary/aromatic N) is 2. The minimum atomic E-state index is -4.64. The number of hydrogen-bond donors (Lipinski definition) is 0. The molecule has 1 aromatic carbocycles. The number of hydrogen-bond acceptors (Lipinski definition) is 3. The standard InChI is InChI=1S/C15H14ClF3N2OS/c1-2-7-21-13(22)8-12(15(17,18)19)20-14(21)23-9-10-3-5-11(16)6-4-10/h3-6,8H,2,7,9H2,1H3. The van der Waals surface area contributed by atoms with E-state index >= 15 is 0 Å². The topological polar surface area (TPSA) is 34.9 Å². The smallest absolute Gasteiger partial charge is 0.288 e. The summed E-state index contributed by atoms with van der Waals surface area (Å²) >= 11 is 6.90. The molecule has 1 aromatic heterocycles. The van der Waals surface area contributed by atoms with Gasteiger partial charge in [-0.2, -0.15) is 13.2 Å². The summed E-state index contributed by atoms with van der Waals surface area (Å²) in [4.78, 5) is 15.6. The molecule has 0 unspecified atom stereocenters. The second-order valence-electron chi connectivity index (χ2n) is 4.83. The molecule has 23 heavy (non-hydrogen) atoms. The quantitative estimate of drug-likeness (QED) is 0.575. The lowest BCUT2D eigenvalue weighted by atomic mass is 10.2. The number of thioether (sulfide) groups is 1. The minimum absolute atomic E-state index is 0.0709. The van der Waals surface area contributed by atoms with E-state index < -0.39 is 17.4 Å². The number of alkyl halides is 3. The van der Waals surface area contributed by atoms with Crippen molar-refractivity contribution in [3.05, 3.63) is 57.0 Å². The lowest BCUT2D eigenvalue weighted by Crippen LogP contribution is -2.26. The van der Waals surface area contributed by atoms with E-state index in [2.05, 4.69) is 4.98 Å². The fraction of sp³-hybridized carbons (Fsp3) is 0.333. The second-order valence-corrected chi connectivity index (χ2v) is 6.21. The molecule has 0 saturated carbocycles. The molecule has 0 spiro atoms. The van der Waals surface area contributed by atoms with Gasteiger partial charge in [0.25, 0.3) is 5.56 Å². The molecule has 0 aliphatic heterocycles. The van der Waals surface area contributed by atoms with Crippen molar-refractivity contribution in [3.8, 4) is 0 Å². The van der Waals surface area contributed by atoms with Crippen LogP contribution >= 0.6 is 23.4 Å². The van der Waals surface area contributed by atoms with Crippen LogP contribution in [0.1, 0.15) is 24.6 Å². The van der Waals surface area contributed by atoms with Gasteiger partial charge in [-0.3, -0.25) is 9.36 Å². The molecule has 0 fully saturated rings. The van der Waals surface area contributed by atoms with Gasteiger partial charge >= 0.3 is 6.18 Å². The van der Waals surface area contributed by atoms with E-state index in [0.29, 0.717) is 29.8 Å². The van der Waals surface area contributed by atoms with Crippen molar-refractivity contribution in [2.24, 2.45) is 0 Å². The molecule has 0 N–H and O–H groups in total. The highest BCUT2D eigenvalue weighted by atomic mass is 35.5. The fourth-order valence-corrected chi connectivity index (χ4v) is 3.01. The Hall–Kier alpha value is -1.47. The van der Waals surface area contributed by atoms with Crippen molar-refractivity contribution >= 4 is 23.4 Å². The van der Waals surface area contributed by atoms with E-state index in [1.165, 1.54) is 4.57 Å². The van der Waals surface area contributed by atoms with Gasteiger partial charge in [-0.15, -0.1) is 0 Å². The monoisotopic (exact) mass is 362 g/mol. The molecule has 2 aromatic rings. The van der Waals surface area contributed by atoms with E-state index in [4.69, 9.17) is 11.6 Å². The Kier molecular flexibility index (Phi) is 5.75. The molecule has 124 valence electrons. The molecule has 0 bridgehead atoms. The number of rotatable bonds is 5. The summed E-state index contributed by atoms with van der Waals surface area (Å²) in [5, 5.41) is 0.653. The van der Waals surface area contributed by atoms with Crippen LogP contribution in [0.15, 0.2) is 40.3 Å². The normalized spacial score (nSPS) is 11.7. The first-order valence-corrected chi connectivity index (χ1v) is 8.24. The van der Waals surface area contributed by atoms with Crippen molar-refractivity contribution in [1.29, 1.82) is 0 Å². The van der Waals surface area contributed by atoms with Crippen LogP contribution in [0.25, 0.3) is 0 Å². The van der Waals surface area contributed by atoms with Crippen LogP contribution in [0, 0.1) is 0 Å². The van der Waals surface area contributed by atoms with Crippen LogP contribution in [0.3, 0.4) is 0 Å². The maximum atomic E-state index is 12.8. The predicted octanol–water partition coefficient (Wildman–Crippen LogP) is 4.62. The van der Waals surface area contributed by atoms with Crippen LogP contribution in [-0.2, 0) is 18.5 Å². The van der Waals surface area contributed by atoms with Crippen molar-refractivity contribution in [3.63, 3.8) is 0 Å². The molecular weight excluding hydrogens is 349 g/mol. The van der Waals surface area contributed by atoms with E-state index in [1.807, 2.05) is 6.92 Å². The average molecular weight is 363 g/mol. The molecular formula is C15H14ClF3N2OS. The van der Waals surface area contributed by atoms with Gasteiger partial charge in [-0.25, -0.2) is 4.98 Å². The van der Waals surface area contributed by atoms with Crippen molar-refractivity contribution < 1.29 is 13.2 Å². The largest absolute Gasteiger partial charge is 0.433 e. The number of aromatic nitrogens is 2. The summed E-state index contributed by atoms with van der Waals surface area (Å²) in [6, 6.07) is 7.52. The Balaban J connectivity index is 2.32. The van der Waals surface area contributed by atoms with Crippen molar-refractivity contribution in [2.45, 2.75) is 37.0 Å². The maximum absolute atomic E-state index is 12.8. The summed E-state index contributed by atoms with van der Waals surface area (Å²) < 4.78 is 39.8. The lowest BCUT2D eigenvalue weighted by molar-refractivity contribution is -0.141. The Morgan fingerprint density at radius 1 is 1.26 bits per heavy atom. The first-order chi connectivity index (χ1) is 10.8. The van der Waals surface area contributed by atoms with Gasteiger partial charge in [-0.05, 0) is 24.1 Å². The molecule has 2 rings (SSSR count). The Morgan fingerprint density at radius 3 is 2.48 bits per heavy atom. The van der Waals surface area contributed by atoms with E-state index in [-0.39, 0.29) is 5.16 Å². The molecule has 8 heteroatoms. The van der Waals surface area contributed by atoms with Crippen molar-refractivity contribution in [1.82, 2.24) is 9.55 Å². The zero-order valence-electron chi connectivity index (χ0n) is 12.2. The SMILES string of the molecule is CCCn1c(SCc2ccc(Cl)cc2)nc(C(F)(F)F)cc1=O. The van der Waals surface area contributed by atoms with Gasteiger partial charge in [-0.1, -0.05) is 42.4 Å². The van der Waals surface area contributed by atoms with Crippen LogP contribution < -0.4 is 5.56 Å². The van der Waals surface area contributed by atoms with Crippen LogP contribution in [0.4, 0.5) is 13.2 Å². The van der Waals surface area contributed by atoms with Gasteiger partial charge in [0.1, 0.15) is 0 Å². The molecule has 3 nitrogen and oxygen atoms in total. The summed E-state index contributed by atoms with van der Waals surface area (Å²) in [5.41, 5.74) is -0.963.